The molecule has 1 saturated heterocycles. The van der Waals surface area contributed by atoms with Gasteiger partial charge < -0.3 is 14.2 Å². The lowest BCUT2D eigenvalue weighted by molar-refractivity contribution is -0.123. The molecule has 8 heteroatoms. The molecule has 2 amide bonds. The van der Waals surface area contributed by atoms with Crippen LogP contribution in [0.25, 0.3) is 6.08 Å². The summed E-state index contributed by atoms with van der Waals surface area (Å²) in [5, 5.41) is 0.283. The van der Waals surface area contributed by atoms with E-state index >= 15 is 0 Å². The maximum atomic E-state index is 12.9. The fourth-order valence-corrected chi connectivity index (χ4v) is 4.59. The molecule has 0 N–H and O–H groups in total. The van der Waals surface area contributed by atoms with E-state index in [1.54, 1.807) is 30.3 Å². The Kier molecular flexibility index (Phi) is 8.57. The summed E-state index contributed by atoms with van der Waals surface area (Å²) >= 11 is 6.79. The minimum atomic E-state index is -0.345. The van der Waals surface area contributed by atoms with Gasteiger partial charge >= 0.3 is 0 Å². The third-order valence-electron chi connectivity index (χ3n) is 5.31. The van der Waals surface area contributed by atoms with E-state index in [2.05, 4.69) is 6.07 Å². The van der Waals surface area contributed by atoms with E-state index in [0.717, 1.165) is 22.9 Å². The third kappa shape index (κ3) is 6.62. The largest absolute Gasteiger partial charge is 0.492 e. The molecule has 6 nitrogen and oxygen atoms in total. The average Bonchev–Trinajstić information content (AvgIpc) is 3.12. The number of carbonyl (C=O) groups excluding carboxylic acids is 2. The van der Waals surface area contributed by atoms with Crippen molar-refractivity contribution in [1.82, 2.24) is 4.90 Å². The monoisotopic (exact) mass is 523 g/mol. The molecule has 186 valence electrons. The number of aryl methyl sites for hydroxylation is 1. The number of carbonyl (C=O) groups is 2. The average molecular weight is 524 g/mol. The Balaban J connectivity index is 1.41. The normalized spacial score (nSPS) is 14.4. The number of hydrogen-bond donors (Lipinski definition) is 0. The van der Waals surface area contributed by atoms with E-state index in [1.165, 1.54) is 10.5 Å². The first kappa shape index (κ1) is 25.7. The van der Waals surface area contributed by atoms with Crippen molar-refractivity contribution in [3.05, 3.63) is 93.3 Å². The lowest BCUT2D eigenvalue weighted by Crippen LogP contribution is -2.32. The molecule has 3 aromatic carbocycles. The fraction of sp³-hybridized carbons (Fsp3) is 0.214. The summed E-state index contributed by atoms with van der Waals surface area (Å²) in [5.41, 5.74) is 2.97. The van der Waals surface area contributed by atoms with Crippen LogP contribution in [0, 0.1) is 6.92 Å². The number of ether oxygens (including phenoxy) is 3. The van der Waals surface area contributed by atoms with Crippen molar-refractivity contribution in [2.45, 2.75) is 20.5 Å². The van der Waals surface area contributed by atoms with Crippen molar-refractivity contribution in [3.63, 3.8) is 0 Å². The first-order valence-electron chi connectivity index (χ1n) is 11.5. The van der Waals surface area contributed by atoms with Gasteiger partial charge in [-0.3, -0.25) is 14.5 Å². The summed E-state index contributed by atoms with van der Waals surface area (Å²) in [6.07, 6.45) is 1.69. The molecule has 0 unspecified atom stereocenters. The molecule has 0 spiro atoms. The van der Waals surface area contributed by atoms with E-state index in [-0.39, 0.29) is 24.3 Å². The van der Waals surface area contributed by atoms with Gasteiger partial charge in [-0.1, -0.05) is 47.5 Å². The molecule has 0 aromatic heterocycles. The molecule has 0 aliphatic carbocycles. The number of benzene rings is 3. The first-order chi connectivity index (χ1) is 17.4. The van der Waals surface area contributed by atoms with Gasteiger partial charge in [-0.05, 0) is 79.2 Å². The van der Waals surface area contributed by atoms with Crippen molar-refractivity contribution < 1.29 is 23.8 Å². The van der Waals surface area contributed by atoms with Crippen LogP contribution in [0.15, 0.2) is 71.6 Å². The fourth-order valence-electron chi connectivity index (χ4n) is 3.59. The van der Waals surface area contributed by atoms with Gasteiger partial charge in [-0.15, -0.1) is 0 Å². The van der Waals surface area contributed by atoms with Crippen molar-refractivity contribution >= 4 is 40.6 Å². The van der Waals surface area contributed by atoms with Gasteiger partial charge in [0.15, 0.2) is 11.5 Å². The summed E-state index contributed by atoms with van der Waals surface area (Å²) in [6, 6.07) is 20.5. The topological polar surface area (TPSA) is 65.1 Å². The quantitative estimate of drug-likeness (QED) is 0.274. The molecule has 3 aromatic rings. The van der Waals surface area contributed by atoms with Crippen molar-refractivity contribution in [2.24, 2.45) is 0 Å². The smallest absolute Gasteiger partial charge is 0.293 e. The minimum absolute atomic E-state index is 0.153. The van der Waals surface area contributed by atoms with Gasteiger partial charge in [0.25, 0.3) is 11.1 Å². The molecule has 4 rings (SSSR count). The van der Waals surface area contributed by atoms with Crippen LogP contribution in [0.4, 0.5) is 4.79 Å². The third-order valence-corrected chi connectivity index (χ3v) is 6.47. The van der Waals surface area contributed by atoms with Crippen molar-refractivity contribution in [3.8, 4) is 17.2 Å². The second-order valence-electron chi connectivity index (χ2n) is 8.05. The Morgan fingerprint density at radius 2 is 1.75 bits per heavy atom. The summed E-state index contributed by atoms with van der Waals surface area (Å²) in [7, 11) is 0. The first-order valence-corrected chi connectivity index (χ1v) is 12.7. The highest BCUT2D eigenvalue weighted by Gasteiger charge is 2.34. The Morgan fingerprint density at radius 1 is 0.944 bits per heavy atom. The van der Waals surface area contributed by atoms with Crippen molar-refractivity contribution in [1.29, 1.82) is 0 Å². The summed E-state index contributed by atoms with van der Waals surface area (Å²) in [5.74, 6) is 1.47. The van der Waals surface area contributed by atoms with Gasteiger partial charge in [0.2, 0.25) is 0 Å². The maximum Gasteiger partial charge on any atom is 0.293 e. The van der Waals surface area contributed by atoms with Crippen LogP contribution in [-0.2, 0) is 11.4 Å². The van der Waals surface area contributed by atoms with Gasteiger partial charge in [-0.2, -0.15) is 0 Å². The standard InChI is InChI=1S/C28H26ClNO5S/c1-3-33-25-16-20(7-12-24(25)35-18-21-6-4-5-19(2)15-21)17-26-27(31)30(28(32)36-26)13-14-34-23-10-8-22(29)9-11-23/h4-12,15-17H,3,13-14,18H2,1-2H3/b26-17-. The van der Waals surface area contributed by atoms with Gasteiger partial charge in [0.1, 0.15) is 19.0 Å². The Morgan fingerprint density at radius 3 is 2.50 bits per heavy atom. The van der Waals surface area contributed by atoms with E-state index in [1.807, 2.05) is 50.2 Å². The van der Waals surface area contributed by atoms with Gasteiger partial charge in [0.05, 0.1) is 18.1 Å². The highest BCUT2D eigenvalue weighted by atomic mass is 35.5. The molecule has 0 saturated carbocycles. The van der Waals surface area contributed by atoms with Gasteiger partial charge in [0, 0.05) is 5.02 Å². The van der Waals surface area contributed by atoms with Crippen LogP contribution in [0.2, 0.25) is 5.02 Å². The SMILES string of the molecule is CCOc1cc(/C=C2\SC(=O)N(CCOc3ccc(Cl)cc3)C2=O)ccc1OCc1cccc(C)c1. The van der Waals surface area contributed by atoms with Crippen LogP contribution in [-0.4, -0.2) is 35.8 Å². The summed E-state index contributed by atoms with van der Waals surface area (Å²) in [4.78, 5) is 26.8. The number of amides is 2. The zero-order chi connectivity index (χ0) is 25.5. The Labute approximate surface area is 219 Å². The number of rotatable bonds is 10. The molecule has 0 radical (unpaired) electrons. The highest BCUT2D eigenvalue weighted by Crippen LogP contribution is 2.35. The molecule has 36 heavy (non-hydrogen) atoms. The molecule has 0 atom stereocenters. The molecule has 0 bridgehead atoms. The maximum absolute atomic E-state index is 12.9. The van der Waals surface area contributed by atoms with E-state index < -0.39 is 0 Å². The van der Waals surface area contributed by atoms with Crippen molar-refractivity contribution in [2.75, 3.05) is 19.8 Å². The van der Waals surface area contributed by atoms with Crippen LogP contribution < -0.4 is 14.2 Å². The molecule has 1 aliphatic rings. The zero-order valence-corrected chi connectivity index (χ0v) is 21.6. The lowest BCUT2D eigenvalue weighted by atomic mass is 10.1. The number of halogens is 1. The number of hydrogen-bond acceptors (Lipinski definition) is 6. The number of imide groups is 1. The number of thioether (sulfide) groups is 1. The predicted octanol–water partition coefficient (Wildman–Crippen LogP) is 6.74. The number of nitrogens with zero attached hydrogens (tertiary/aromatic N) is 1. The van der Waals surface area contributed by atoms with E-state index in [0.29, 0.717) is 40.4 Å². The van der Waals surface area contributed by atoms with Crippen LogP contribution in [0.3, 0.4) is 0 Å². The molecule has 1 fully saturated rings. The lowest BCUT2D eigenvalue weighted by Gasteiger charge is -2.14. The van der Waals surface area contributed by atoms with E-state index in [4.69, 9.17) is 25.8 Å². The van der Waals surface area contributed by atoms with Crippen LogP contribution in [0.1, 0.15) is 23.6 Å². The van der Waals surface area contributed by atoms with Crippen LogP contribution in [0.5, 0.6) is 17.2 Å². The predicted molar refractivity (Wildman–Crippen MR) is 143 cm³/mol. The molecular formula is C28H26ClNO5S. The molecule has 1 aliphatic heterocycles. The summed E-state index contributed by atoms with van der Waals surface area (Å²) in [6.45, 7) is 5.16. The molecular weight excluding hydrogens is 498 g/mol. The van der Waals surface area contributed by atoms with E-state index in [9.17, 15) is 9.59 Å². The minimum Gasteiger partial charge on any atom is -0.492 e. The zero-order valence-electron chi connectivity index (χ0n) is 20.0. The van der Waals surface area contributed by atoms with Gasteiger partial charge in [-0.25, -0.2) is 0 Å². The second kappa shape index (κ2) is 12.0. The molecule has 1 heterocycles. The van der Waals surface area contributed by atoms with Crippen LogP contribution >= 0.6 is 23.4 Å². The summed E-state index contributed by atoms with van der Waals surface area (Å²) < 4.78 is 17.4. The highest BCUT2D eigenvalue weighted by molar-refractivity contribution is 8.18. The Hall–Kier alpha value is -3.42. The second-order valence-corrected chi connectivity index (χ2v) is 9.48. The Bertz CT molecular complexity index is 1280.